The summed E-state index contributed by atoms with van der Waals surface area (Å²) in [5.74, 6) is 2.00. The minimum Gasteiger partial charge on any atom is -0.466 e. The van der Waals surface area contributed by atoms with E-state index in [-0.39, 0.29) is 5.41 Å². The van der Waals surface area contributed by atoms with Gasteiger partial charge in [0.1, 0.15) is 11.5 Å². The zero-order chi connectivity index (χ0) is 19.2. The number of nitrogens with two attached hydrogens (primary N) is 1. The Morgan fingerprint density at radius 3 is 2.33 bits per heavy atom. The third kappa shape index (κ3) is 3.16. The Morgan fingerprint density at radius 2 is 1.67 bits per heavy atom. The Balaban J connectivity index is 1.48. The van der Waals surface area contributed by atoms with Gasteiger partial charge in [-0.05, 0) is 44.9 Å². The molecule has 2 N–H and O–H groups in total. The summed E-state index contributed by atoms with van der Waals surface area (Å²) >= 11 is 0. The van der Waals surface area contributed by atoms with E-state index in [9.17, 15) is 0 Å². The van der Waals surface area contributed by atoms with Crippen molar-refractivity contribution in [3.05, 3.63) is 64.3 Å². The lowest BCUT2D eigenvalue weighted by molar-refractivity contribution is 0.182. The lowest BCUT2D eigenvalue weighted by atomic mass is 9.85. The number of piperazine rings is 1. The maximum absolute atomic E-state index is 6.74. The molecule has 0 saturated carbocycles. The van der Waals surface area contributed by atoms with Crippen LogP contribution in [-0.4, -0.2) is 37.6 Å². The lowest BCUT2D eigenvalue weighted by Gasteiger charge is -2.40. The van der Waals surface area contributed by atoms with E-state index >= 15 is 0 Å². The molecule has 1 aromatic carbocycles. The normalized spacial score (nSPS) is 26.6. The Kier molecular flexibility index (Phi) is 4.55. The molecule has 4 heteroatoms. The predicted octanol–water partition coefficient (Wildman–Crippen LogP) is 4.03. The molecule has 0 aromatic heterocycles. The zero-order valence-electron chi connectivity index (χ0n) is 17.0. The summed E-state index contributed by atoms with van der Waals surface area (Å²) in [7, 11) is 0. The van der Waals surface area contributed by atoms with Crippen LogP contribution >= 0.6 is 0 Å². The molecule has 1 unspecified atom stereocenters. The van der Waals surface area contributed by atoms with Gasteiger partial charge in [-0.25, -0.2) is 0 Å². The Hall–Kier alpha value is -2.20. The molecule has 1 fully saturated rings. The first-order valence-electron chi connectivity index (χ1n) is 9.97. The number of nitrogens with zero attached hydrogens (tertiary/aromatic N) is 2. The van der Waals surface area contributed by atoms with Crippen molar-refractivity contribution in [3.8, 4) is 0 Å². The van der Waals surface area contributed by atoms with Crippen LogP contribution in [0.2, 0.25) is 0 Å². The summed E-state index contributed by atoms with van der Waals surface area (Å²) in [6, 6.07) is 10.7. The standard InChI is InChI=1S/C23H31N3O/c1-16-17(2)27-18(3)20-14-23(4,22(24)21(16)20)15-25-10-12-26(13-11-25)19-8-6-5-7-9-19/h5-9H,10-15,24H2,1-4H3. The van der Waals surface area contributed by atoms with Crippen LogP contribution in [-0.2, 0) is 4.74 Å². The number of para-hydroxylation sites is 1. The van der Waals surface area contributed by atoms with Gasteiger partial charge in [0.15, 0.2) is 0 Å². The van der Waals surface area contributed by atoms with Gasteiger partial charge in [0.2, 0.25) is 0 Å². The van der Waals surface area contributed by atoms with Crippen molar-refractivity contribution in [2.45, 2.75) is 34.1 Å². The van der Waals surface area contributed by atoms with Gasteiger partial charge in [0, 0.05) is 60.7 Å². The second-order valence-corrected chi connectivity index (χ2v) is 8.44. The minimum atomic E-state index is -0.0178. The highest BCUT2D eigenvalue weighted by atomic mass is 16.5. The molecule has 27 heavy (non-hydrogen) atoms. The van der Waals surface area contributed by atoms with Gasteiger partial charge in [-0.1, -0.05) is 25.1 Å². The van der Waals surface area contributed by atoms with E-state index in [1.54, 1.807) is 0 Å². The van der Waals surface area contributed by atoms with Gasteiger partial charge >= 0.3 is 0 Å². The second-order valence-electron chi connectivity index (χ2n) is 8.44. The SMILES string of the molecule is CC1=C(C)C2=C(N)C(C)(CN3CCN(c4ccccc4)CC3)CC2=C(C)O1. The average molecular weight is 366 g/mol. The summed E-state index contributed by atoms with van der Waals surface area (Å²) in [6.07, 6.45) is 0.976. The molecule has 3 aliphatic rings. The number of hydrogen-bond acceptors (Lipinski definition) is 4. The van der Waals surface area contributed by atoms with Crippen molar-refractivity contribution >= 4 is 5.69 Å². The third-order valence-corrected chi connectivity index (χ3v) is 6.49. The molecular weight excluding hydrogens is 334 g/mol. The number of rotatable bonds is 3. The van der Waals surface area contributed by atoms with Gasteiger partial charge in [0.25, 0.3) is 0 Å². The van der Waals surface area contributed by atoms with E-state index < -0.39 is 0 Å². The number of allylic oxidation sites excluding steroid dienone is 5. The van der Waals surface area contributed by atoms with Crippen LogP contribution in [0, 0.1) is 5.41 Å². The average Bonchev–Trinajstić information content (AvgIpc) is 2.93. The minimum absolute atomic E-state index is 0.0178. The van der Waals surface area contributed by atoms with Crippen molar-refractivity contribution in [2.24, 2.45) is 11.1 Å². The van der Waals surface area contributed by atoms with Crippen LogP contribution in [0.15, 0.2) is 64.3 Å². The van der Waals surface area contributed by atoms with Gasteiger partial charge in [0.05, 0.1) is 0 Å². The highest BCUT2D eigenvalue weighted by Gasteiger charge is 2.43. The fourth-order valence-corrected chi connectivity index (χ4v) is 4.75. The van der Waals surface area contributed by atoms with Crippen LogP contribution in [0.3, 0.4) is 0 Å². The summed E-state index contributed by atoms with van der Waals surface area (Å²) in [4.78, 5) is 5.05. The molecule has 1 atom stereocenters. The predicted molar refractivity (Wildman–Crippen MR) is 111 cm³/mol. The third-order valence-electron chi connectivity index (χ3n) is 6.49. The number of ether oxygens (including phenoxy) is 1. The maximum atomic E-state index is 6.74. The van der Waals surface area contributed by atoms with E-state index in [4.69, 9.17) is 10.5 Å². The van der Waals surface area contributed by atoms with E-state index in [1.165, 1.54) is 22.4 Å². The number of anilines is 1. The largest absolute Gasteiger partial charge is 0.466 e. The smallest absolute Gasteiger partial charge is 0.104 e. The Labute approximate surface area is 163 Å². The van der Waals surface area contributed by atoms with E-state index in [0.717, 1.165) is 56.4 Å². The van der Waals surface area contributed by atoms with Crippen molar-refractivity contribution in [2.75, 3.05) is 37.6 Å². The Bertz CT molecular complexity index is 828. The maximum Gasteiger partial charge on any atom is 0.104 e. The lowest BCUT2D eigenvalue weighted by Crippen LogP contribution is -2.50. The summed E-state index contributed by atoms with van der Waals surface area (Å²) in [6.45, 7) is 13.9. The monoisotopic (exact) mass is 365 g/mol. The molecule has 2 heterocycles. The fraction of sp³-hybridized carbons (Fsp3) is 0.478. The molecule has 4 nitrogen and oxygen atoms in total. The molecule has 1 aliphatic carbocycles. The molecule has 4 rings (SSSR count). The van der Waals surface area contributed by atoms with Crippen molar-refractivity contribution in [1.29, 1.82) is 0 Å². The topological polar surface area (TPSA) is 41.7 Å². The first kappa shape index (κ1) is 18.2. The summed E-state index contributed by atoms with van der Waals surface area (Å²) < 4.78 is 5.96. The van der Waals surface area contributed by atoms with E-state index in [1.807, 2.05) is 6.92 Å². The van der Waals surface area contributed by atoms with E-state index in [2.05, 4.69) is 60.9 Å². The molecular formula is C23H31N3O. The quantitative estimate of drug-likeness (QED) is 0.878. The molecule has 144 valence electrons. The second kappa shape index (κ2) is 6.75. The summed E-state index contributed by atoms with van der Waals surface area (Å²) in [5, 5.41) is 0. The van der Waals surface area contributed by atoms with Gasteiger partial charge in [-0.15, -0.1) is 0 Å². The molecule has 1 saturated heterocycles. The molecule has 1 aromatic rings. The van der Waals surface area contributed by atoms with Crippen LogP contribution < -0.4 is 10.6 Å². The van der Waals surface area contributed by atoms with Crippen LogP contribution in [0.4, 0.5) is 5.69 Å². The van der Waals surface area contributed by atoms with Crippen LogP contribution in [0.5, 0.6) is 0 Å². The van der Waals surface area contributed by atoms with E-state index in [0.29, 0.717) is 0 Å². The first-order chi connectivity index (χ1) is 12.9. The van der Waals surface area contributed by atoms with Crippen molar-refractivity contribution < 1.29 is 4.74 Å². The molecule has 0 bridgehead atoms. The van der Waals surface area contributed by atoms with Crippen molar-refractivity contribution in [3.63, 3.8) is 0 Å². The fourth-order valence-electron chi connectivity index (χ4n) is 4.75. The van der Waals surface area contributed by atoms with Crippen molar-refractivity contribution in [1.82, 2.24) is 4.90 Å². The Morgan fingerprint density at radius 1 is 1.00 bits per heavy atom. The zero-order valence-corrected chi connectivity index (χ0v) is 17.0. The molecule has 0 spiro atoms. The molecule has 0 amide bonds. The first-order valence-corrected chi connectivity index (χ1v) is 9.97. The number of benzene rings is 1. The van der Waals surface area contributed by atoms with Gasteiger partial charge in [-0.3, -0.25) is 4.90 Å². The van der Waals surface area contributed by atoms with Gasteiger partial charge in [-0.2, -0.15) is 0 Å². The van der Waals surface area contributed by atoms with Crippen LogP contribution in [0.25, 0.3) is 0 Å². The van der Waals surface area contributed by atoms with Gasteiger partial charge < -0.3 is 15.4 Å². The number of fused-ring (bicyclic) bond motifs is 1. The highest BCUT2D eigenvalue weighted by Crippen LogP contribution is 2.50. The highest BCUT2D eigenvalue weighted by molar-refractivity contribution is 5.58. The summed E-state index contributed by atoms with van der Waals surface area (Å²) in [5.41, 5.74) is 12.8. The molecule has 0 radical (unpaired) electrons. The van der Waals surface area contributed by atoms with Crippen LogP contribution in [0.1, 0.15) is 34.1 Å². The molecule has 2 aliphatic heterocycles. The number of hydrogen-bond donors (Lipinski definition) is 1.